The molecule has 1 atom stereocenters. The molecule has 1 unspecified atom stereocenters. The van der Waals surface area contributed by atoms with Gasteiger partial charge in [0.2, 0.25) is 0 Å². The molecule has 1 heterocycles. The monoisotopic (exact) mass is 389 g/mol. The Morgan fingerprint density at radius 3 is 2.59 bits per heavy atom. The SMILES string of the molecule is Cc1ccc(NCCN2c3ccccc3COC2c2ccccc2[N+](=O)[O-])cc1. The third kappa shape index (κ3) is 4.07. The second-order valence-electron chi connectivity index (χ2n) is 7.09. The maximum Gasteiger partial charge on any atom is 0.277 e. The van der Waals surface area contributed by atoms with Crippen molar-refractivity contribution in [3.63, 3.8) is 0 Å². The van der Waals surface area contributed by atoms with Crippen LogP contribution >= 0.6 is 0 Å². The van der Waals surface area contributed by atoms with Gasteiger partial charge in [-0.3, -0.25) is 10.1 Å². The van der Waals surface area contributed by atoms with Crippen LogP contribution in [0.5, 0.6) is 0 Å². The molecule has 0 bridgehead atoms. The highest BCUT2D eigenvalue weighted by Gasteiger charge is 2.32. The fraction of sp³-hybridized carbons (Fsp3) is 0.217. The first-order chi connectivity index (χ1) is 14.1. The van der Waals surface area contributed by atoms with Crippen molar-refractivity contribution >= 4 is 17.1 Å². The lowest BCUT2D eigenvalue weighted by Gasteiger charge is -2.38. The Kier molecular flexibility index (Phi) is 5.44. The summed E-state index contributed by atoms with van der Waals surface area (Å²) in [6, 6.07) is 23.1. The molecule has 4 rings (SSSR count). The van der Waals surface area contributed by atoms with Crippen molar-refractivity contribution in [2.24, 2.45) is 0 Å². The van der Waals surface area contributed by atoms with E-state index in [-0.39, 0.29) is 10.6 Å². The molecule has 0 saturated heterocycles. The predicted molar refractivity (Wildman–Crippen MR) is 114 cm³/mol. The molecular weight excluding hydrogens is 366 g/mol. The molecule has 0 fully saturated rings. The van der Waals surface area contributed by atoms with E-state index in [1.54, 1.807) is 12.1 Å². The number of ether oxygens (including phenoxy) is 1. The Morgan fingerprint density at radius 2 is 1.79 bits per heavy atom. The molecule has 0 spiro atoms. The number of benzene rings is 3. The molecule has 1 aliphatic heterocycles. The summed E-state index contributed by atoms with van der Waals surface area (Å²) in [6.45, 7) is 3.80. The third-order valence-corrected chi connectivity index (χ3v) is 5.11. The average Bonchev–Trinajstić information content (AvgIpc) is 2.75. The van der Waals surface area contributed by atoms with Gasteiger partial charge in [-0.2, -0.15) is 0 Å². The van der Waals surface area contributed by atoms with E-state index in [4.69, 9.17) is 4.74 Å². The van der Waals surface area contributed by atoms with Gasteiger partial charge in [0, 0.05) is 36.1 Å². The predicted octanol–water partition coefficient (Wildman–Crippen LogP) is 5.05. The molecule has 1 N–H and O–H groups in total. The molecule has 6 heteroatoms. The topological polar surface area (TPSA) is 67.6 Å². The molecular formula is C23H23N3O3. The molecule has 0 aromatic heterocycles. The summed E-state index contributed by atoms with van der Waals surface area (Å²) in [7, 11) is 0. The normalized spacial score (nSPS) is 15.6. The van der Waals surface area contributed by atoms with E-state index in [0.29, 0.717) is 25.3 Å². The zero-order valence-corrected chi connectivity index (χ0v) is 16.2. The molecule has 148 valence electrons. The van der Waals surface area contributed by atoms with E-state index in [1.807, 2.05) is 30.3 Å². The lowest BCUT2D eigenvalue weighted by Crippen LogP contribution is -2.38. The molecule has 0 amide bonds. The number of hydrogen-bond donors (Lipinski definition) is 1. The van der Waals surface area contributed by atoms with Gasteiger partial charge in [-0.05, 0) is 31.2 Å². The van der Waals surface area contributed by atoms with Gasteiger partial charge in [-0.15, -0.1) is 0 Å². The number of hydrogen-bond acceptors (Lipinski definition) is 5. The number of nitro groups is 1. The lowest BCUT2D eigenvalue weighted by molar-refractivity contribution is -0.386. The fourth-order valence-corrected chi connectivity index (χ4v) is 3.65. The van der Waals surface area contributed by atoms with Crippen LogP contribution in [0.2, 0.25) is 0 Å². The lowest BCUT2D eigenvalue weighted by atomic mass is 10.1. The van der Waals surface area contributed by atoms with Crippen LogP contribution in [0.15, 0.2) is 72.8 Å². The van der Waals surface area contributed by atoms with Gasteiger partial charge in [-0.25, -0.2) is 0 Å². The van der Waals surface area contributed by atoms with Gasteiger partial charge in [0.25, 0.3) is 5.69 Å². The van der Waals surface area contributed by atoms with Crippen LogP contribution in [-0.4, -0.2) is 18.0 Å². The molecule has 6 nitrogen and oxygen atoms in total. The van der Waals surface area contributed by atoms with Crippen molar-refractivity contribution in [2.45, 2.75) is 19.8 Å². The molecule has 0 aliphatic carbocycles. The summed E-state index contributed by atoms with van der Waals surface area (Å²) in [5, 5.41) is 15.0. The summed E-state index contributed by atoms with van der Waals surface area (Å²) < 4.78 is 6.11. The van der Waals surface area contributed by atoms with Gasteiger partial charge < -0.3 is 15.0 Å². The second kappa shape index (κ2) is 8.32. The van der Waals surface area contributed by atoms with Gasteiger partial charge in [0.05, 0.1) is 17.1 Å². The standard InChI is InChI=1S/C23H23N3O3/c1-17-10-12-19(13-11-17)24-14-15-25-21-8-4-2-6-18(21)16-29-23(25)20-7-3-5-9-22(20)26(27)28/h2-13,23-24H,14-16H2,1H3. The summed E-state index contributed by atoms with van der Waals surface area (Å²) in [4.78, 5) is 13.3. The summed E-state index contributed by atoms with van der Waals surface area (Å²) in [6.07, 6.45) is -0.508. The van der Waals surface area contributed by atoms with Gasteiger partial charge >= 0.3 is 0 Å². The molecule has 29 heavy (non-hydrogen) atoms. The third-order valence-electron chi connectivity index (χ3n) is 5.11. The minimum absolute atomic E-state index is 0.0772. The van der Waals surface area contributed by atoms with Crippen LogP contribution in [0.4, 0.5) is 17.1 Å². The summed E-state index contributed by atoms with van der Waals surface area (Å²) in [5.74, 6) is 0. The van der Waals surface area contributed by atoms with Crippen molar-refractivity contribution in [3.8, 4) is 0 Å². The number of nitro benzene ring substituents is 1. The maximum atomic E-state index is 11.6. The van der Waals surface area contributed by atoms with Crippen molar-refractivity contribution in [1.82, 2.24) is 0 Å². The minimum Gasteiger partial charge on any atom is -0.383 e. The number of aryl methyl sites for hydroxylation is 1. The molecule has 3 aromatic rings. The Bertz CT molecular complexity index is 1000. The van der Waals surface area contributed by atoms with E-state index in [2.05, 4.69) is 41.4 Å². The van der Waals surface area contributed by atoms with Crippen molar-refractivity contribution in [3.05, 3.63) is 99.6 Å². The van der Waals surface area contributed by atoms with Crippen LogP contribution in [0.1, 0.15) is 22.9 Å². The molecule has 3 aromatic carbocycles. The van der Waals surface area contributed by atoms with E-state index >= 15 is 0 Å². The minimum atomic E-state index is -0.508. The first-order valence-electron chi connectivity index (χ1n) is 9.63. The van der Waals surface area contributed by atoms with Crippen LogP contribution < -0.4 is 10.2 Å². The molecule has 0 radical (unpaired) electrons. The Balaban J connectivity index is 1.61. The van der Waals surface area contributed by atoms with Crippen LogP contribution in [0, 0.1) is 17.0 Å². The quantitative estimate of drug-likeness (QED) is 0.472. The smallest absolute Gasteiger partial charge is 0.277 e. The van der Waals surface area contributed by atoms with Gasteiger partial charge in [-0.1, -0.05) is 48.0 Å². The first-order valence-corrected chi connectivity index (χ1v) is 9.63. The fourth-order valence-electron chi connectivity index (χ4n) is 3.65. The number of fused-ring (bicyclic) bond motifs is 1. The number of rotatable bonds is 6. The summed E-state index contributed by atoms with van der Waals surface area (Å²) >= 11 is 0. The van der Waals surface area contributed by atoms with Crippen molar-refractivity contribution in [1.29, 1.82) is 0 Å². The van der Waals surface area contributed by atoms with Gasteiger partial charge in [0.15, 0.2) is 6.23 Å². The zero-order chi connectivity index (χ0) is 20.2. The Morgan fingerprint density at radius 1 is 1.07 bits per heavy atom. The highest BCUT2D eigenvalue weighted by atomic mass is 16.6. The number of para-hydroxylation sites is 2. The maximum absolute atomic E-state index is 11.6. The van der Waals surface area contributed by atoms with E-state index in [0.717, 1.165) is 16.9 Å². The largest absolute Gasteiger partial charge is 0.383 e. The molecule has 0 saturated carbocycles. The van der Waals surface area contributed by atoms with Crippen LogP contribution in [0.3, 0.4) is 0 Å². The highest BCUT2D eigenvalue weighted by molar-refractivity contribution is 5.58. The Hall–Kier alpha value is -3.38. The average molecular weight is 389 g/mol. The van der Waals surface area contributed by atoms with Crippen LogP contribution in [0.25, 0.3) is 0 Å². The van der Waals surface area contributed by atoms with Crippen LogP contribution in [-0.2, 0) is 11.3 Å². The highest BCUT2D eigenvalue weighted by Crippen LogP contribution is 2.39. The second-order valence-corrected chi connectivity index (χ2v) is 7.09. The zero-order valence-electron chi connectivity index (χ0n) is 16.2. The summed E-state index contributed by atoms with van der Waals surface area (Å²) in [5.41, 5.74) is 5.04. The number of nitrogens with one attached hydrogen (secondary N) is 1. The molecule has 1 aliphatic rings. The Labute approximate surface area is 169 Å². The number of anilines is 2. The van der Waals surface area contributed by atoms with E-state index in [1.165, 1.54) is 11.6 Å². The number of nitrogens with zero attached hydrogens (tertiary/aromatic N) is 2. The van der Waals surface area contributed by atoms with Crippen molar-refractivity contribution in [2.75, 3.05) is 23.3 Å². The van der Waals surface area contributed by atoms with E-state index < -0.39 is 6.23 Å². The van der Waals surface area contributed by atoms with Crippen molar-refractivity contribution < 1.29 is 9.66 Å². The first kappa shape index (κ1) is 19.0. The van der Waals surface area contributed by atoms with E-state index in [9.17, 15) is 10.1 Å². The van der Waals surface area contributed by atoms with Gasteiger partial charge in [0.1, 0.15) is 0 Å².